The summed E-state index contributed by atoms with van der Waals surface area (Å²) in [5.41, 5.74) is 20.7. The molecule has 4 aliphatic rings. The Bertz CT molecular complexity index is 1960. The highest BCUT2D eigenvalue weighted by molar-refractivity contribution is 6.47. The molecule has 6 rings (SSSR count). The van der Waals surface area contributed by atoms with Gasteiger partial charge in [0, 0.05) is 36.7 Å². The van der Waals surface area contributed by atoms with E-state index >= 15 is 0 Å². The number of amides is 3. The highest BCUT2D eigenvalue weighted by atomic mass is 16.7. The van der Waals surface area contributed by atoms with Gasteiger partial charge in [0.25, 0.3) is 0 Å². The Balaban J connectivity index is 1.19. The van der Waals surface area contributed by atoms with Gasteiger partial charge in [-0.25, -0.2) is 0 Å². The fourth-order valence-electron chi connectivity index (χ4n) is 10.4. The molecule has 3 amide bonds. The summed E-state index contributed by atoms with van der Waals surface area (Å²) in [6, 6.07) is 13.8. The van der Waals surface area contributed by atoms with Gasteiger partial charge < -0.3 is 37.1 Å². The summed E-state index contributed by atoms with van der Waals surface area (Å²) in [6.45, 7) is 13.1. The maximum atomic E-state index is 14.0. The summed E-state index contributed by atoms with van der Waals surface area (Å²) in [7, 11) is -0.606. The first-order chi connectivity index (χ1) is 30.9. The molecule has 0 radical (unpaired) electrons. The minimum Gasteiger partial charge on any atom is -0.405 e. The molecule has 2 aromatic carbocycles. The first kappa shape index (κ1) is 51.7. The van der Waals surface area contributed by atoms with Crippen LogP contribution in [0.2, 0.25) is 5.82 Å². The monoisotopic (exact) mass is 898 g/mol. The van der Waals surface area contributed by atoms with Gasteiger partial charge in [0.2, 0.25) is 17.7 Å². The van der Waals surface area contributed by atoms with Gasteiger partial charge in [-0.2, -0.15) is 0 Å². The molecule has 2 bridgehead atoms. The quantitative estimate of drug-likeness (QED) is 0.0347. The Morgan fingerprint density at radius 2 is 1.34 bits per heavy atom. The first-order valence-electron chi connectivity index (χ1n) is 24.3. The van der Waals surface area contributed by atoms with Crippen LogP contribution in [-0.2, 0) is 39.7 Å². The number of nitrogens with one attached hydrogen (secondary N) is 2. The number of hydrogen-bond donors (Lipinski definition) is 5. The van der Waals surface area contributed by atoms with Crippen molar-refractivity contribution in [3.63, 3.8) is 0 Å². The zero-order chi connectivity index (χ0) is 47.5. The summed E-state index contributed by atoms with van der Waals surface area (Å²) in [6.07, 6.45) is 7.76. The lowest BCUT2D eigenvalue weighted by atomic mass is 9.43. The molecular formula is C51H76BN5O8. The Morgan fingerprint density at radius 1 is 0.738 bits per heavy atom. The number of rotatable bonds is 28. The Hall–Kier alpha value is -4.24. The number of benzene rings is 2. The second-order valence-corrected chi connectivity index (χ2v) is 20.1. The number of nitrogens with two attached hydrogens (primary N) is 3. The lowest BCUT2D eigenvalue weighted by Crippen LogP contribution is -2.65. The van der Waals surface area contributed by atoms with Crippen LogP contribution in [0.3, 0.4) is 0 Å². The third-order valence-electron chi connectivity index (χ3n) is 14.8. The number of carbonyl (C=O) groups is 6. The fraction of sp³-hybridized carbons (Fsp3) is 0.647. The molecule has 1 heterocycles. The van der Waals surface area contributed by atoms with Crippen LogP contribution in [0, 0.1) is 29.1 Å². The molecular weight excluding hydrogens is 821 g/mol. The maximum Gasteiger partial charge on any atom is 0.461 e. The summed E-state index contributed by atoms with van der Waals surface area (Å²) >= 11 is 0. The van der Waals surface area contributed by atoms with Crippen LogP contribution in [0.5, 0.6) is 0 Å². The molecule has 14 heteroatoms. The van der Waals surface area contributed by atoms with Gasteiger partial charge in [-0.1, -0.05) is 96.0 Å². The normalized spacial score (nSPS) is 23.0. The molecule has 8 N–H and O–H groups in total. The lowest BCUT2D eigenvalue weighted by Gasteiger charge is -2.64. The smallest absolute Gasteiger partial charge is 0.405 e. The number of carbonyl (C=O) groups excluding carboxylic acids is 6. The molecule has 9 atom stereocenters. The number of hydrogen-bond acceptors (Lipinski definition) is 10. The van der Waals surface area contributed by atoms with Gasteiger partial charge >= 0.3 is 7.12 Å². The number of aryl methyl sites for hydroxylation is 1. The summed E-state index contributed by atoms with van der Waals surface area (Å²) in [5.74, 6) is -3.72. The molecule has 356 valence electrons. The number of primary amides is 1. The molecule has 3 aliphatic carbocycles. The van der Waals surface area contributed by atoms with Crippen molar-refractivity contribution in [2.75, 3.05) is 13.1 Å². The fourth-order valence-corrected chi connectivity index (χ4v) is 10.4. The second kappa shape index (κ2) is 23.5. The van der Waals surface area contributed by atoms with E-state index in [9.17, 15) is 28.8 Å². The molecule has 4 fully saturated rings. The predicted octanol–water partition coefficient (Wildman–Crippen LogP) is 6.66. The Morgan fingerprint density at radius 3 is 1.94 bits per heavy atom. The third kappa shape index (κ3) is 13.2. The van der Waals surface area contributed by atoms with E-state index in [-0.39, 0.29) is 53.9 Å². The Kier molecular flexibility index (Phi) is 18.7. The standard InChI is InChI=1S/C51H76BN5O8/c1-7-8-13-34-16-18-35(19-17-34)36-20-22-37(23-21-36)42(58)28-38(14-9-11-24-53)49(63)56-40(15-10-12-25-54)43(59)26-32(2)48(62)57-41(31-47(55)61)44(60)27-33(3)52-64-46-30-39-29-45(50(39,4)5)51(46,6)65-52/h16-23,32-33,38-41,45-46H,7-15,24-31,53-54H2,1-6H3,(H2,55,61)(H,56,63)(H,57,62)/t32-,33-,38-,39+,40+,41+,45+,46?,51+/m1/s1. The highest BCUT2D eigenvalue weighted by Crippen LogP contribution is 2.66. The van der Waals surface area contributed by atoms with Crippen molar-refractivity contribution in [2.24, 2.45) is 46.3 Å². The molecule has 0 aromatic heterocycles. The molecule has 0 spiro atoms. The van der Waals surface area contributed by atoms with Crippen molar-refractivity contribution < 1.29 is 38.1 Å². The summed E-state index contributed by atoms with van der Waals surface area (Å²) in [5, 5.41) is 5.63. The molecule has 65 heavy (non-hydrogen) atoms. The van der Waals surface area contributed by atoms with Crippen molar-refractivity contribution in [2.45, 2.75) is 167 Å². The lowest BCUT2D eigenvalue weighted by molar-refractivity contribution is -0.199. The predicted molar refractivity (Wildman–Crippen MR) is 254 cm³/mol. The van der Waals surface area contributed by atoms with E-state index < -0.39 is 60.8 Å². The zero-order valence-electron chi connectivity index (χ0n) is 39.8. The highest BCUT2D eigenvalue weighted by Gasteiger charge is 2.68. The van der Waals surface area contributed by atoms with Crippen molar-refractivity contribution in [3.05, 3.63) is 59.7 Å². The van der Waals surface area contributed by atoms with E-state index in [1.54, 1.807) is 19.1 Å². The van der Waals surface area contributed by atoms with Crippen LogP contribution in [0.4, 0.5) is 0 Å². The molecule has 1 saturated heterocycles. The van der Waals surface area contributed by atoms with Crippen molar-refractivity contribution in [1.82, 2.24) is 10.6 Å². The van der Waals surface area contributed by atoms with Gasteiger partial charge in [0.1, 0.15) is 0 Å². The van der Waals surface area contributed by atoms with E-state index in [0.717, 1.165) is 43.2 Å². The second-order valence-electron chi connectivity index (χ2n) is 20.1. The van der Waals surface area contributed by atoms with Crippen LogP contribution in [0.25, 0.3) is 11.1 Å². The van der Waals surface area contributed by atoms with E-state index in [1.165, 1.54) is 5.56 Å². The minimum absolute atomic E-state index is 0.0142. The summed E-state index contributed by atoms with van der Waals surface area (Å²) in [4.78, 5) is 81.1. The molecule has 1 unspecified atom stereocenters. The van der Waals surface area contributed by atoms with Gasteiger partial charge in [-0.05, 0) is 118 Å². The van der Waals surface area contributed by atoms with Crippen molar-refractivity contribution in [1.29, 1.82) is 0 Å². The minimum atomic E-state index is -1.20. The van der Waals surface area contributed by atoms with E-state index in [2.05, 4.69) is 62.6 Å². The first-order valence-corrected chi connectivity index (χ1v) is 24.3. The van der Waals surface area contributed by atoms with Gasteiger partial charge in [-0.15, -0.1) is 0 Å². The SMILES string of the molecule is CCCCc1ccc(-c2ccc(C(=O)C[C@@H](CCCCN)C(=O)N[C@@H](CCCCN)C(=O)C[C@@H](C)C(=O)N[C@@H](CC(N)=O)C(=O)C[C@@H](C)B3OC4C[C@@H]5C[C@@H](C5(C)C)[C@]4(C)O3)cc2)cc1. The van der Waals surface area contributed by atoms with Crippen LogP contribution in [-0.4, -0.2) is 79.1 Å². The molecule has 1 aliphatic heterocycles. The summed E-state index contributed by atoms with van der Waals surface area (Å²) < 4.78 is 13.0. The Labute approximate surface area is 387 Å². The van der Waals surface area contributed by atoms with E-state index in [1.807, 2.05) is 19.1 Å². The van der Waals surface area contributed by atoms with Gasteiger partial charge in [-0.3, -0.25) is 28.8 Å². The van der Waals surface area contributed by atoms with Crippen LogP contribution < -0.4 is 27.8 Å². The molecule has 13 nitrogen and oxygen atoms in total. The third-order valence-corrected chi connectivity index (χ3v) is 14.8. The van der Waals surface area contributed by atoms with Crippen molar-refractivity contribution in [3.8, 4) is 11.1 Å². The van der Waals surface area contributed by atoms with Crippen LogP contribution in [0.15, 0.2) is 48.5 Å². The van der Waals surface area contributed by atoms with E-state index in [4.69, 9.17) is 26.5 Å². The zero-order valence-corrected chi connectivity index (χ0v) is 39.8. The van der Waals surface area contributed by atoms with Crippen LogP contribution >= 0.6 is 0 Å². The maximum absolute atomic E-state index is 14.0. The average molecular weight is 898 g/mol. The van der Waals surface area contributed by atoms with Crippen LogP contribution in [0.1, 0.15) is 147 Å². The average Bonchev–Trinajstić information content (AvgIpc) is 3.65. The van der Waals surface area contributed by atoms with Gasteiger partial charge in [0.15, 0.2) is 17.3 Å². The number of unbranched alkanes of at least 4 members (excludes halogenated alkanes) is 3. The topological polar surface area (TPSA) is 223 Å². The number of ketones is 3. The van der Waals surface area contributed by atoms with Gasteiger partial charge in [0.05, 0.1) is 30.2 Å². The largest absolute Gasteiger partial charge is 0.461 e. The molecule has 3 saturated carbocycles. The molecule has 2 aromatic rings. The van der Waals surface area contributed by atoms with E-state index in [0.29, 0.717) is 69.0 Å². The van der Waals surface area contributed by atoms with Crippen molar-refractivity contribution >= 4 is 42.2 Å². The number of Topliss-reactive ketones (excluding diaryl/α,β-unsaturated/α-hetero) is 3.